The molecule has 0 heterocycles. The highest BCUT2D eigenvalue weighted by Crippen LogP contribution is 2.74. The van der Waals surface area contributed by atoms with Crippen molar-refractivity contribution in [1.82, 2.24) is 0 Å². The molecule has 4 aliphatic rings. The van der Waals surface area contributed by atoms with Crippen LogP contribution < -0.4 is 0 Å². The fourth-order valence-corrected chi connectivity index (χ4v) is 6.52. The molecule has 4 bridgehead atoms. The summed E-state index contributed by atoms with van der Waals surface area (Å²) in [5, 5.41) is 0. The van der Waals surface area contributed by atoms with Crippen LogP contribution in [0.4, 0.5) is 0 Å². The molecule has 0 nitrogen and oxygen atoms in total. The average Bonchev–Trinajstić information content (AvgIpc) is 2.27. The summed E-state index contributed by atoms with van der Waals surface area (Å²) in [6.45, 7) is 0. The summed E-state index contributed by atoms with van der Waals surface area (Å²) in [6, 6.07) is 0. The summed E-state index contributed by atoms with van der Waals surface area (Å²) in [7, 11) is 0. The van der Waals surface area contributed by atoms with Crippen molar-refractivity contribution in [2.75, 3.05) is 0 Å². The Labute approximate surface area is 88.8 Å². The molecule has 2 heteroatoms. The lowest BCUT2D eigenvalue weighted by Gasteiger charge is -2.30. The summed E-state index contributed by atoms with van der Waals surface area (Å²) in [4.78, 5) is 0. The van der Waals surface area contributed by atoms with Gasteiger partial charge in [-0.15, -0.1) is 0 Å². The largest absolute Gasteiger partial charge is 0.0774 e. The molecule has 56 valence electrons. The van der Waals surface area contributed by atoms with Gasteiger partial charge in [0.2, 0.25) is 0 Å². The van der Waals surface area contributed by atoms with E-state index in [1.807, 2.05) is 0 Å². The van der Waals surface area contributed by atoms with E-state index in [1.165, 1.54) is 0 Å². The molecule has 0 atom stereocenters. The van der Waals surface area contributed by atoms with Crippen LogP contribution in [0, 0.1) is 11.8 Å². The van der Waals surface area contributed by atoms with Crippen LogP contribution in [0.25, 0.3) is 0 Å². The first-order valence-corrected chi connectivity index (χ1v) is 6.17. The van der Waals surface area contributed by atoms with Crippen molar-refractivity contribution in [3.8, 4) is 0 Å². The zero-order chi connectivity index (χ0) is 6.98. The van der Waals surface area contributed by atoms with E-state index in [1.54, 1.807) is 25.7 Å². The summed E-state index contributed by atoms with van der Waals surface area (Å²) in [5.74, 6) is 2.27. The molecule has 0 aromatic heterocycles. The first-order valence-electron chi connectivity index (χ1n) is 4.01. The monoisotopic (exact) mass is 360 g/mol. The highest BCUT2D eigenvalue weighted by atomic mass is 127. The lowest BCUT2D eigenvalue weighted by molar-refractivity contribution is 0.457. The molecule has 0 spiro atoms. The van der Waals surface area contributed by atoms with E-state index >= 15 is 0 Å². The molecule has 4 saturated carbocycles. The van der Waals surface area contributed by atoms with Gasteiger partial charge in [0.1, 0.15) is 0 Å². The van der Waals surface area contributed by atoms with E-state index in [-0.39, 0.29) is 0 Å². The van der Waals surface area contributed by atoms with Gasteiger partial charge in [-0.1, -0.05) is 45.2 Å². The molecule has 4 rings (SSSR count). The van der Waals surface area contributed by atoms with Gasteiger partial charge in [-0.05, 0) is 37.5 Å². The number of alkyl halides is 2. The summed E-state index contributed by atoms with van der Waals surface area (Å²) in [6.07, 6.45) is 6.17. The fourth-order valence-electron chi connectivity index (χ4n) is 3.37. The van der Waals surface area contributed by atoms with Crippen molar-refractivity contribution >= 4 is 45.2 Å². The molecule has 0 saturated heterocycles. The van der Waals surface area contributed by atoms with Crippen LogP contribution in [0.3, 0.4) is 0 Å². The lowest BCUT2D eigenvalue weighted by Crippen LogP contribution is -2.32. The van der Waals surface area contributed by atoms with E-state index in [2.05, 4.69) is 45.2 Å². The second-order valence-corrected chi connectivity index (χ2v) is 8.40. The zero-order valence-corrected chi connectivity index (χ0v) is 10.1. The minimum atomic E-state index is 0.737. The predicted octanol–water partition coefficient (Wildman–Crippen LogP) is 3.17. The second-order valence-electron chi connectivity index (χ2n) is 4.27. The van der Waals surface area contributed by atoms with E-state index in [0.29, 0.717) is 0 Å². The second kappa shape index (κ2) is 1.70. The standard InChI is InChI=1S/C8H10I2/c9-7-1-5-2-8(7,10)4-6(5)3-7/h5-6H,1-4H2. The van der Waals surface area contributed by atoms with Crippen LogP contribution in [0.15, 0.2) is 0 Å². The fraction of sp³-hybridized carbons (Fsp3) is 1.00. The van der Waals surface area contributed by atoms with Crippen LogP contribution in [-0.4, -0.2) is 6.84 Å². The Morgan fingerprint density at radius 1 is 0.800 bits per heavy atom. The molecule has 0 amide bonds. The number of halogens is 2. The summed E-state index contributed by atoms with van der Waals surface area (Å²) < 4.78 is 1.47. The third-order valence-electron chi connectivity index (χ3n) is 3.81. The van der Waals surface area contributed by atoms with Gasteiger partial charge in [0, 0.05) is 6.84 Å². The predicted molar refractivity (Wildman–Crippen MR) is 59.0 cm³/mol. The maximum Gasteiger partial charge on any atom is 0.0373 e. The third kappa shape index (κ3) is 0.570. The molecule has 4 aliphatic carbocycles. The molecule has 0 radical (unpaired) electrons. The maximum atomic E-state index is 2.75. The Bertz CT molecular complexity index is 165. The average molecular weight is 360 g/mol. The van der Waals surface area contributed by atoms with Crippen LogP contribution in [-0.2, 0) is 0 Å². The number of hydrogen-bond donors (Lipinski definition) is 0. The van der Waals surface area contributed by atoms with Gasteiger partial charge in [0.05, 0.1) is 0 Å². The van der Waals surface area contributed by atoms with Crippen molar-refractivity contribution in [1.29, 1.82) is 0 Å². The molecule has 4 fully saturated rings. The summed E-state index contributed by atoms with van der Waals surface area (Å²) >= 11 is 5.50. The van der Waals surface area contributed by atoms with Gasteiger partial charge < -0.3 is 0 Å². The first-order chi connectivity index (χ1) is 4.63. The Hall–Kier alpha value is 1.46. The van der Waals surface area contributed by atoms with Crippen LogP contribution in [0.1, 0.15) is 25.7 Å². The molecule has 0 N–H and O–H groups in total. The molecular formula is C8H10I2. The molecule has 10 heavy (non-hydrogen) atoms. The van der Waals surface area contributed by atoms with Gasteiger partial charge in [-0.3, -0.25) is 0 Å². The van der Waals surface area contributed by atoms with E-state index in [4.69, 9.17) is 0 Å². The SMILES string of the molecule is IC12CC3CC1(I)CC3C2. The minimum absolute atomic E-state index is 0.737. The van der Waals surface area contributed by atoms with Crippen molar-refractivity contribution in [2.24, 2.45) is 11.8 Å². The molecule has 0 aromatic carbocycles. The molecular weight excluding hydrogens is 350 g/mol. The number of hydrogen-bond acceptors (Lipinski definition) is 0. The topological polar surface area (TPSA) is 0 Å². The zero-order valence-electron chi connectivity index (χ0n) is 5.74. The van der Waals surface area contributed by atoms with E-state index in [9.17, 15) is 0 Å². The summed E-state index contributed by atoms with van der Waals surface area (Å²) in [5.41, 5.74) is 0. The quantitative estimate of drug-likeness (QED) is 0.460. The lowest BCUT2D eigenvalue weighted by atomic mass is 10.0. The van der Waals surface area contributed by atoms with Crippen LogP contribution >= 0.6 is 45.2 Å². The van der Waals surface area contributed by atoms with Crippen molar-refractivity contribution in [2.45, 2.75) is 32.5 Å². The van der Waals surface area contributed by atoms with Crippen LogP contribution in [0.2, 0.25) is 0 Å². The Morgan fingerprint density at radius 3 is 1.20 bits per heavy atom. The van der Waals surface area contributed by atoms with E-state index in [0.717, 1.165) is 18.7 Å². The Morgan fingerprint density at radius 2 is 1.10 bits per heavy atom. The number of rotatable bonds is 0. The van der Waals surface area contributed by atoms with Gasteiger partial charge in [-0.2, -0.15) is 0 Å². The van der Waals surface area contributed by atoms with Crippen molar-refractivity contribution in [3.63, 3.8) is 0 Å². The molecule has 0 unspecified atom stereocenters. The van der Waals surface area contributed by atoms with Crippen molar-refractivity contribution in [3.05, 3.63) is 0 Å². The van der Waals surface area contributed by atoms with Gasteiger partial charge >= 0.3 is 0 Å². The normalized spacial score (nSPS) is 70.2. The Balaban J connectivity index is 2.17. The minimum Gasteiger partial charge on any atom is -0.0774 e. The van der Waals surface area contributed by atoms with Gasteiger partial charge in [0.15, 0.2) is 0 Å². The highest BCUT2D eigenvalue weighted by Gasteiger charge is 2.69. The molecule has 0 aliphatic heterocycles. The van der Waals surface area contributed by atoms with Crippen LogP contribution in [0.5, 0.6) is 0 Å². The van der Waals surface area contributed by atoms with E-state index < -0.39 is 0 Å². The van der Waals surface area contributed by atoms with Crippen molar-refractivity contribution < 1.29 is 0 Å². The smallest absolute Gasteiger partial charge is 0.0373 e. The highest BCUT2D eigenvalue weighted by molar-refractivity contribution is 14.1. The maximum absolute atomic E-state index is 2.75. The van der Waals surface area contributed by atoms with Gasteiger partial charge in [0.25, 0.3) is 0 Å². The first kappa shape index (κ1) is 6.92. The molecule has 0 aromatic rings. The third-order valence-corrected chi connectivity index (χ3v) is 8.67. The van der Waals surface area contributed by atoms with Gasteiger partial charge in [-0.25, -0.2) is 0 Å². The Kier molecular flexibility index (Phi) is 1.18.